The average molecular weight is 449 g/mol. The standard InChI is InChI=1S/C24H24N4O3S/c1-5-31-24(30)21-14(2)20-22(29)25-19(26-23(20)32-21)12-11-18-15(3)27-28(16(18)4)13-17-9-7-6-8-10-17/h6-12H,5,13H2,1-4H3,(H,25,26,29). The Balaban J connectivity index is 1.66. The van der Waals surface area contributed by atoms with Crippen LogP contribution in [0.25, 0.3) is 22.4 Å². The van der Waals surface area contributed by atoms with Gasteiger partial charge in [0.05, 0.1) is 24.2 Å². The van der Waals surface area contributed by atoms with Crippen molar-refractivity contribution in [3.63, 3.8) is 0 Å². The summed E-state index contributed by atoms with van der Waals surface area (Å²) in [4.78, 5) is 33.1. The summed E-state index contributed by atoms with van der Waals surface area (Å²) in [5, 5.41) is 5.09. The number of nitrogens with zero attached hydrogens (tertiary/aromatic N) is 3. The van der Waals surface area contributed by atoms with E-state index in [4.69, 9.17) is 4.74 Å². The third-order valence-electron chi connectivity index (χ3n) is 5.30. The minimum atomic E-state index is -0.429. The quantitative estimate of drug-likeness (QED) is 0.439. The molecule has 0 radical (unpaired) electrons. The molecule has 0 aliphatic rings. The Bertz CT molecular complexity index is 1380. The van der Waals surface area contributed by atoms with E-state index in [0.717, 1.165) is 17.0 Å². The fourth-order valence-electron chi connectivity index (χ4n) is 3.66. The number of hydrogen-bond donors (Lipinski definition) is 1. The Morgan fingerprint density at radius 2 is 1.94 bits per heavy atom. The van der Waals surface area contributed by atoms with Crippen molar-refractivity contribution >= 4 is 39.7 Å². The van der Waals surface area contributed by atoms with Crippen LogP contribution in [-0.4, -0.2) is 32.3 Å². The number of H-pyrrole nitrogens is 1. The van der Waals surface area contributed by atoms with Gasteiger partial charge in [0.15, 0.2) is 0 Å². The molecule has 0 fully saturated rings. The monoisotopic (exact) mass is 448 g/mol. The van der Waals surface area contributed by atoms with E-state index in [9.17, 15) is 9.59 Å². The minimum Gasteiger partial charge on any atom is -0.462 e. The van der Waals surface area contributed by atoms with Crippen LogP contribution in [0.5, 0.6) is 0 Å². The summed E-state index contributed by atoms with van der Waals surface area (Å²) in [6.07, 6.45) is 3.68. The molecule has 0 bridgehead atoms. The number of aromatic amines is 1. The highest BCUT2D eigenvalue weighted by Gasteiger charge is 2.20. The first-order valence-corrected chi connectivity index (χ1v) is 11.2. The van der Waals surface area contributed by atoms with Crippen molar-refractivity contribution in [2.45, 2.75) is 34.2 Å². The number of esters is 1. The molecule has 0 amide bonds. The minimum absolute atomic E-state index is 0.271. The molecule has 0 atom stereocenters. The molecule has 8 heteroatoms. The van der Waals surface area contributed by atoms with Crippen molar-refractivity contribution in [2.24, 2.45) is 0 Å². The van der Waals surface area contributed by atoms with Crippen LogP contribution in [0, 0.1) is 20.8 Å². The second-order valence-corrected chi connectivity index (χ2v) is 8.47. The zero-order chi connectivity index (χ0) is 22.8. The molecule has 0 unspecified atom stereocenters. The first-order valence-electron chi connectivity index (χ1n) is 10.4. The summed E-state index contributed by atoms with van der Waals surface area (Å²) < 4.78 is 7.06. The molecule has 7 nitrogen and oxygen atoms in total. The topological polar surface area (TPSA) is 89.9 Å². The third kappa shape index (κ3) is 4.13. The van der Waals surface area contributed by atoms with Crippen LogP contribution in [-0.2, 0) is 11.3 Å². The van der Waals surface area contributed by atoms with E-state index < -0.39 is 5.97 Å². The van der Waals surface area contributed by atoms with Crippen molar-refractivity contribution in [3.05, 3.63) is 79.5 Å². The largest absolute Gasteiger partial charge is 0.462 e. The Hall–Kier alpha value is -3.52. The molecule has 0 saturated carbocycles. The lowest BCUT2D eigenvalue weighted by Gasteiger charge is -2.04. The molecular weight excluding hydrogens is 424 g/mol. The number of thiophene rings is 1. The lowest BCUT2D eigenvalue weighted by molar-refractivity contribution is 0.0531. The fourth-order valence-corrected chi connectivity index (χ4v) is 4.74. The van der Waals surface area contributed by atoms with E-state index in [-0.39, 0.29) is 12.2 Å². The van der Waals surface area contributed by atoms with Crippen LogP contribution in [0.2, 0.25) is 0 Å². The van der Waals surface area contributed by atoms with Gasteiger partial charge >= 0.3 is 5.97 Å². The molecule has 4 rings (SSSR count). The van der Waals surface area contributed by atoms with Crippen LogP contribution in [0.4, 0.5) is 0 Å². The lowest BCUT2D eigenvalue weighted by atomic mass is 10.1. The summed E-state index contributed by atoms with van der Waals surface area (Å²) in [6, 6.07) is 10.2. The van der Waals surface area contributed by atoms with E-state index in [0.29, 0.717) is 33.0 Å². The highest BCUT2D eigenvalue weighted by Crippen LogP contribution is 2.28. The maximum atomic E-state index is 12.7. The van der Waals surface area contributed by atoms with Gasteiger partial charge in [0, 0.05) is 11.3 Å². The first-order chi connectivity index (χ1) is 15.4. The number of hydrogen-bond acceptors (Lipinski definition) is 6. The maximum absolute atomic E-state index is 12.7. The molecule has 164 valence electrons. The van der Waals surface area contributed by atoms with Crippen molar-refractivity contribution in [1.82, 2.24) is 19.7 Å². The van der Waals surface area contributed by atoms with Gasteiger partial charge in [0.1, 0.15) is 15.5 Å². The van der Waals surface area contributed by atoms with E-state index in [1.807, 2.05) is 42.8 Å². The summed E-state index contributed by atoms with van der Waals surface area (Å²) in [5.74, 6) is -0.00431. The van der Waals surface area contributed by atoms with Crippen molar-refractivity contribution < 1.29 is 9.53 Å². The fraction of sp³-hybridized carbons (Fsp3) is 0.250. The van der Waals surface area contributed by atoms with Gasteiger partial charge in [0.2, 0.25) is 0 Å². The Labute approximate surface area is 189 Å². The van der Waals surface area contributed by atoms with E-state index in [1.54, 1.807) is 19.9 Å². The van der Waals surface area contributed by atoms with Crippen LogP contribution in [0.3, 0.4) is 0 Å². The summed E-state index contributed by atoms with van der Waals surface area (Å²) >= 11 is 1.18. The van der Waals surface area contributed by atoms with Gasteiger partial charge in [-0.3, -0.25) is 9.48 Å². The van der Waals surface area contributed by atoms with Gasteiger partial charge in [0.25, 0.3) is 5.56 Å². The molecule has 4 aromatic rings. The molecule has 1 aromatic carbocycles. The van der Waals surface area contributed by atoms with E-state index in [1.165, 1.54) is 16.9 Å². The Kier molecular flexibility index (Phi) is 6.05. The van der Waals surface area contributed by atoms with Gasteiger partial charge in [-0.1, -0.05) is 30.3 Å². The molecular formula is C24H24N4O3S. The highest BCUT2D eigenvalue weighted by molar-refractivity contribution is 7.20. The molecule has 1 N–H and O–H groups in total. The van der Waals surface area contributed by atoms with Crippen LogP contribution in [0.1, 0.15) is 50.5 Å². The zero-order valence-corrected chi connectivity index (χ0v) is 19.2. The van der Waals surface area contributed by atoms with Gasteiger partial charge in [-0.25, -0.2) is 9.78 Å². The number of benzene rings is 1. The van der Waals surface area contributed by atoms with Crippen molar-refractivity contribution in [1.29, 1.82) is 0 Å². The van der Waals surface area contributed by atoms with Gasteiger partial charge < -0.3 is 9.72 Å². The normalized spacial score (nSPS) is 11.5. The van der Waals surface area contributed by atoms with E-state index in [2.05, 4.69) is 27.2 Å². The number of rotatable bonds is 6. The summed E-state index contributed by atoms with van der Waals surface area (Å²) in [6.45, 7) is 8.44. The van der Waals surface area contributed by atoms with Crippen LogP contribution >= 0.6 is 11.3 Å². The molecule has 0 saturated heterocycles. The Morgan fingerprint density at radius 1 is 1.19 bits per heavy atom. The van der Waals surface area contributed by atoms with Gasteiger partial charge in [-0.05, 0) is 51.0 Å². The predicted octanol–water partition coefficient (Wildman–Crippen LogP) is 4.50. The van der Waals surface area contributed by atoms with E-state index >= 15 is 0 Å². The summed E-state index contributed by atoms with van der Waals surface area (Å²) in [5.41, 5.74) is 4.42. The van der Waals surface area contributed by atoms with Crippen LogP contribution in [0.15, 0.2) is 35.1 Å². The number of aryl methyl sites for hydroxylation is 2. The molecule has 0 aliphatic carbocycles. The smallest absolute Gasteiger partial charge is 0.348 e. The van der Waals surface area contributed by atoms with Crippen molar-refractivity contribution in [2.75, 3.05) is 6.61 Å². The third-order valence-corrected chi connectivity index (χ3v) is 6.47. The molecule has 32 heavy (non-hydrogen) atoms. The van der Waals surface area contributed by atoms with Crippen LogP contribution < -0.4 is 5.56 Å². The molecule has 0 spiro atoms. The molecule has 3 aromatic heterocycles. The number of nitrogens with one attached hydrogen (secondary N) is 1. The second kappa shape index (κ2) is 8.92. The molecule has 0 aliphatic heterocycles. The number of ether oxygens (including phenoxy) is 1. The number of fused-ring (bicyclic) bond motifs is 1. The summed E-state index contributed by atoms with van der Waals surface area (Å²) in [7, 11) is 0. The predicted molar refractivity (Wildman–Crippen MR) is 127 cm³/mol. The Morgan fingerprint density at radius 3 is 2.66 bits per heavy atom. The van der Waals surface area contributed by atoms with Crippen molar-refractivity contribution in [3.8, 4) is 0 Å². The molecule has 3 heterocycles. The lowest BCUT2D eigenvalue weighted by Crippen LogP contribution is -2.10. The average Bonchev–Trinajstić information content (AvgIpc) is 3.23. The second-order valence-electron chi connectivity index (χ2n) is 7.47. The number of carbonyl (C=O) groups is 1. The zero-order valence-electron chi connectivity index (χ0n) is 18.4. The van der Waals surface area contributed by atoms with Gasteiger partial charge in [-0.15, -0.1) is 11.3 Å². The number of aromatic nitrogens is 4. The highest BCUT2D eigenvalue weighted by atomic mass is 32.1. The van der Waals surface area contributed by atoms with Gasteiger partial charge in [-0.2, -0.15) is 5.10 Å². The SMILES string of the molecule is CCOC(=O)c1sc2nc(C=Cc3c(C)nn(Cc4ccccc4)c3C)[nH]c(=O)c2c1C. The first kappa shape index (κ1) is 21.7. The number of carbonyl (C=O) groups excluding carboxylic acids is 1. The maximum Gasteiger partial charge on any atom is 0.348 e.